The Morgan fingerprint density at radius 1 is 1.32 bits per heavy atom. The zero-order chi connectivity index (χ0) is 18.0. The van der Waals surface area contributed by atoms with Crippen LogP contribution < -0.4 is 21.9 Å². The van der Waals surface area contributed by atoms with Gasteiger partial charge in [0.2, 0.25) is 0 Å². The van der Waals surface area contributed by atoms with Crippen LogP contribution in [0.15, 0.2) is 39.9 Å². The average Bonchev–Trinajstić information content (AvgIpc) is 2.62. The summed E-state index contributed by atoms with van der Waals surface area (Å²) in [6.45, 7) is 1.59. The van der Waals surface area contributed by atoms with Crippen LogP contribution in [-0.2, 0) is 13.6 Å². The van der Waals surface area contributed by atoms with Crippen LogP contribution in [0.25, 0.3) is 0 Å². The van der Waals surface area contributed by atoms with Crippen molar-refractivity contribution in [1.82, 2.24) is 9.13 Å². The smallest absolute Gasteiger partial charge is 0.332 e. The van der Waals surface area contributed by atoms with E-state index in [1.54, 1.807) is 16.7 Å². The molecule has 0 aliphatic carbocycles. The van der Waals surface area contributed by atoms with Gasteiger partial charge in [0.25, 0.3) is 5.56 Å². The van der Waals surface area contributed by atoms with E-state index in [2.05, 4.69) is 6.07 Å². The second-order valence-corrected chi connectivity index (χ2v) is 6.39. The SMILES string of the molecule is Cn1c(=O)cc(N2CCC[C@H](N)C2)n(Cc2ccccc2C#N)c1=O. The molecule has 0 spiro atoms. The highest BCUT2D eigenvalue weighted by Crippen LogP contribution is 2.19. The van der Waals surface area contributed by atoms with Crippen LogP contribution >= 0.6 is 0 Å². The maximum atomic E-state index is 12.7. The summed E-state index contributed by atoms with van der Waals surface area (Å²) in [4.78, 5) is 26.9. The number of nitriles is 1. The minimum atomic E-state index is -0.394. The van der Waals surface area contributed by atoms with Crippen molar-refractivity contribution in [2.24, 2.45) is 12.8 Å². The molecule has 1 atom stereocenters. The highest BCUT2D eigenvalue weighted by molar-refractivity contribution is 5.42. The normalized spacial score (nSPS) is 17.3. The van der Waals surface area contributed by atoms with Crippen molar-refractivity contribution in [3.05, 3.63) is 62.3 Å². The van der Waals surface area contributed by atoms with Crippen LogP contribution in [0.2, 0.25) is 0 Å². The Balaban J connectivity index is 2.11. The topological polar surface area (TPSA) is 97.1 Å². The first-order valence-electron chi connectivity index (χ1n) is 8.30. The summed E-state index contributed by atoms with van der Waals surface area (Å²) in [6.07, 6.45) is 1.85. The van der Waals surface area contributed by atoms with E-state index in [4.69, 9.17) is 5.73 Å². The first kappa shape index (κ1) is 17.0. The molecule has 25 heavy (non-hydrogen) atoms. The maximum Gasteiger partial charge on any atom is 0.332 e. The number of aromatic nitrogens is 2. The Morgan fingerprint density at radius 2 is 2.08 bits per heavy atom. The van der Waals surface area contributed by atoms with E-state index in [1.807, 2.05) is 17.0 Å². The molecule has 130 valence electrons. The zero-order valence-corrected chi connectivity index (χ0v) is 14.2. The molecule has 1 aliphatic heterocycles. The summed E-state index contributed by atoms with van der Waals surface area (Å²) < 4.78 is 2.64. The number of hydrogen-bond acceptors (Lipinski definition) is 5. The van der Waals surface area contributed by atoms with Gasteiger partial charge >= 0.3 is 5.69 Å². The van der Waals surface area contributed by atoms with Crippen LogP contribution in [0, 0.1) is 11.3 Å². The lowest BCUT2D eigenvalue weighted by atomic mass is 10.1. The zero-order valence-electron chi connectivity index (χ0n) is 14.2. The fraction of sp³-hybridized carbons (Fsp3) is 0.389. The summed E-state index contributed by atoms with van der Waals surface area (Å²) in [5, 5.41) is 9.30. The third-order valence-electron chi connectivity index (χ3n) is 4.63. The van der Waals surface area contributed by atoms with E-state index in [0.717, 1.165) is 29.5 Å². The third kappa shape index (κ3) is 3.35. The van der Waals surface area contributed by atoms with Gasteiger partial charge in [-0.15, -0.1) is 0 Å². The molecule has 0 amide bonds. The van der Waals surface area contributed by atoms with Gasteiger partial charge in [0.15, 0.2) is 0 Å². The van der Waals surface area contributed by atoms with Gasteiger partial charge in [-0.25, -0.2) is 4.79 Å². The van der Waals surface area contributed by atoms with Crippen molar-refractivity contribution >= 4 is 5.82 Å². The highest BCUT2D eigenvalue weighted by Gasteiger charge is 2.22. The van der Waals surface area contributed by atoms with Gasteiger partial charge in [-0.1, -0.05) is 18.2 Å². The standard InChI is InChI=1S/C18H21N5O2/c1-21-17(24)9-16(22-8-4-7-15(20)12-22)23(18(21)25)11-14-6-3-2-5-13(14)10-19/h2-3,5-6,9,15H,4,7-8,11-12,20H2,1H3/t15-/m0/s1. The first-order valence-corrected chi connectivity index (χ1v) is 8.30. The quantitative estimate of drug-likeness (QED) is 0.873. The van der Waals surface area contributed by atoms with Gasteiger partial charge < -0.3 is 10.6 Å². The summed E-state index contributed by atoms with van der Waals surface area (Å²) in [7, 11) is 1.46. The molecule has 1 fully saturated rings. The molecule has 2 N–H and O–H groups in total. The minimum absolute atomic E-state index is 0.0211. The minimum Gasteiger partial charge on any atom is -0.356 e. The molecule has 7 heteroatoms. The van der Waals surface area contributed by atoms with Crippen LogP contribution in [-0.4, -0.2) is 28.3 Å². The van der Waals surface area contributed by atoms with Crippen LogP contribution in [0.5, 0.6) is 0 Å². The predicted molar refractivity (Wildman–Crippen MR) is 95.6 cm³/mol. The van der Waals surface area contributed by atoms with E-state index in [-0.39, 0.29) is 18.1 Å². The van der Waals surface area contributed by atoms with Crippen molar-refractivity contribution in [1.29, 1.82) is 5.26 Å². The Kier molecular flexibility index (Phi) is 4.72. The fourth-order valence-electron chi connectivity index (χ4n) is 3.22. The van der Waals surface area contributed by atoms with Crippen molar-refractivity contribution in [2.75, 3.05) is 18.0 Å². The number of nitrogens with two attached hydrogens (primary N) is 1. The fourth-order valence-corrected chi connectivity index (χ4v) is 3.22. The lowest BCUT2D eigenvalue weighted by Gasteiger charge is -2.34. The maximum absolute atomic E-state index is 12.7. The molecule has 0 bridgehead atoms. The summed E-state index contributed by atoms with van der Waals surface area (Å²) in [5.74, 6) is 0.566. The second kappa shape index (κ2) is 6.95. The number of rotatable bonds is 3. The first-order chi connectivity index (χ1) is 12.0. The molecule has 0 unspecified atom stereocenters. The number of benzene rings is 1. The second-order valence-electron chi connectivity index (χ2n) is 6.39. The Bertz CT molecular complexity index is 938. The Morgan fingerprint density at radius 3 is 2.80 bits per heavy atom. The number of anilines is 1. The third-order valence-corrected chi connectivity index (χ3v) is 4.63. The van der Waals surface area contributed by atoms with Crippen molar-refractivity contribution < 1.29 is 0 Å². The largest absolute Gasteiger partial charge is 0.356 e. The molecule has 0 radical (unpaired) electrons. The van der Waals surface area contributed by atoms with Gasteiger partial charge in [0.1, 0.15) is 5.82 Å². The molecule has 1 saturated heterocycles. The van der Waals surface area contributed by atoms with E-state index in [0.29, 0.717) is 17.9 Å². The van der Waals surface area contributed by atoms with E-state index in [9.17, 15) is 14.9 Å². The molecule has 2 heterocycles. The summed E-state index contributed by atoms with van der Waals surface area (Å²) >= 11 is 0. The lowest BCUT2D eigenvalue weighted by Crippen LogP contribution is -2.47. The van der Waals surface area contributed by atoms with E-state index in [1.165, 1.54) is 13.1 Å². The van der Waals surface area contributed by atoms with Crippen molar-refractivity contribution in [3.63, 3.8) is 0 Å². The molecular formula is C18H21N5O2. The molecule has 3 rings (SSSR count). The van der Waals surface area contributed by atoms with E-state index >= 15 is 0 Å². The molecule has 0 saturated carbocycles. The monoisotopic (exact) mass is 339 g/mol. The van der Waals surface area contributed by atoms with Crippen molar-refractivity contribution in [3.8, 4) is 6.07 Å². The van der Waals surface area contributed by atoms with Gasteiger partial charge in [-0.2, -0.15) is 5.26 Å². The summed E-state index contributed by atoms with van der Waals surface area (Å²) in [6, 6.07) is 10.8. The average molecular weight is 339 g/mol. The van der Waals surface area contributed by atoms with Gasteiger partial charge in [-0.3, -0.25) is 13.9 Å². The van der Waals surface area contributed by atoms with Gasteiger partial charge in [0.05, 0.1) is 18.2 Å². The molecular weight excluding hydrogens is 318 g/mol. The van der Waals surface area contributed by atoms with Crippen LogP contribution in [0.3, 0.4) is 0 Å². The Hall–Kier alpha value is -2.85. The van der Waals surface area contributed by atoms with E-state index < -0.39 is 5.69 Å². The van der Waals surface area contributed by atoms with Gasteiger partial charge in [-0.05, 0) is 24.5 Å². The van der Waals surface area contributed by atoms with Crippen molar-refractivity contribution in [2.45, 2.75) is 25.4 Å². The number of nitrogens with zero attached hydrogens (tertiary/aromatic N) is 4. The molecule has 1 aliphatic rings. The molecule has 1 aromatic heterocycles. The molecule has 2 aromatic rings. The molecule has 1 aromatic carbocycles. The molecule has 7 nitrogen and oxygen atoms in total. The highest BCUT2D eigenvalue weighted by atomic mass is 16.2. The Labute approximate surface area is 145 Å². The summed E-state index contributed by atoms with van der Waals surface area (Å²) in [5.41, 5.74) is 6.59. The number of hydrogen-bond donors (Lipinski definition) is 1. The predicted octanol–water partition coefficient (Wildman–Crippen LogP) is 0.394. The van der Waals surface area contributed by atoms with Gasteiger partial charge in [0, 0.05) is 32.2 Å². The number of piperidine rings is 1. The lowest BCUT2D eigenvalue weighted by molar-refractivity contribution is 0.491. The van der Waals surface area contributed by atoms with Crippen LogP contribution in [0.4, 0.5) is 5.82 Å². The van der Waals surface area contributed by atoms with Crippen LogP contribution in [0.1, 0.15) is 24.0 Å².